The van der Waals surface area contributed by atoms with Crippen LogP contribution in [-0.2, 0) is 0 Å². The maximum atomic E-state index is 12.3. The molecule has 0 aromatic carbocycles. The zero-order valence-corrected chi connectivity index (χ0v) is 12.4. The van der Waals surface area contributed by atoms with Crippen LogP contribution in [0.2, 0.25) is 0 Å². The summed E-state index contributed by atoms with van der Waals surface area (Å²) in [4.78, 5) is 12.5. The average Bonchev–Trinajstić information content (AvgIpc) is 2.72. The summed E-state index contributed by atoms with van der Waals surface area (Å²) in [5, 5.41) is 13.5. The van der Waals surface area contributed by atoms with Crippen molar-refractivity contribution in [3.8, 4) is 0 Å². The van der Waals surface area contributed by atoms with E-state index in [4.69, 9.17) is 0 Å². The molecule has 0 bridgehead atoms. The van der Waals surface area contributed by atoms with Crippen molar-refractivity contribution in [1.29, 1.82) is 0 Å². The zero-order chi connectivity index (χ0) is 14.4. The lowest BCUT2D eigenvalue weighted by molar-refractivity contribution is 0.0941. The summed E-state index contributed by atoms with van der Waals surface area (Å²) in [6, 6.07) is 1.52. The molecule has 0 saturated carbocycles. The number of thioether (sulfide) groups is 1. The zero-order valence-electron chi connectivity index (χ0n) is 10.7. The largest absolute Gasteiger partial charge is 0.393 e. The van der Waals surface area contributed by atoms with Gasteiger partial charge < -0.3 is 10.4 Å². The van der Waals surface area contributed by atoms with Gasteiger partial charge in [-0.15, -0.1) is 11.3 Å². The van der Waals surface area contributed by atoms with Crippen LogP contribution in [0, 0.1) is 5.92 Å². The molecule has 3 nitrogen and oxygen atoms in total. The molecule has 0 saturated heterocycles. The topological polar surface area (TPSA) is 49.3 Å². The summed E-state index contributed by atoms with van der Waals surface area (Å²) in [6.07, 6.45) is 0.169. The monoisotopic (exact) mass is 309 g/mol. The minimum Gasteiger partial charge on any atom is -0.393 e. The van der Waals surface area contributed by atoms with Crippen LogP contribution in [0.4, 0.5) is 8.78 Å². The first-order valence-corrected chi connectivity index (χ1v) is 7.64. The van der Waals surface area contributed by atoms with Gasteiger partial charge in [-0.3, -0.25) is 4.79 Å². The second-order valence-corrected chi connectivity index (χ2v) is 6.34. The number of rotatable bonds is 7. The summed E-state index contributed by atoms with van der Waals surface area (Å²) >= 11 is 1.53. The molecule has 2 unspecified atom stereocenters. The molecule has 2 atom stereocenters. The summed E-state index contributed by atoms with van der Waals surface area (Å²) < 4.78 is 24.6. The molecule has 19 heavy (non-hydrogen) atoms. The van der Waals surface area contributed by atoms with Crippen LogP contribution in [0.1, 0.15) is 29.9 Å². The van der Waals surface area contributed by atoms with Crippen LogP contribution in [0.25, 0.3) is 0 Å². The van der Waals surface area contributed by atoms with Crippen LogP contribution in [0.15, 0.2) is 16.3 Å². The molecule has 1 amide bonds. The number of nitrogens with one attached hydrogen (secondary N) is 1. The van der Waals surface area contributed by atoms with Crippen LogP contribution < -0.4 is 5.32 Å². The highest BCUT2D eigenvalue weighted by atomic mass is 32.2. The van der Waals surface area contributed by atoms with E-state index in [1.54, 1.807) is 12.3 Å². The van der Waals surface area contributed by atoms with E-state index in [0.717, 1.165) is 11.3 Å². The lowest BCUT2D eigenvalue weighted by atomic mass is 10.0. The van der Waals surface area contributed by atoms with Gasteiger partial charge in [-0.2, -0.15) is 8.78 Å². The van der Waals surface area contributed by atoms with E-state index in [1.807, 2.05) is 6.92 Å². The van der Waals surface area contributed by atoms with Gasteiger partial charge in [0.05, 0.1) is 6.10 Å². The van der Waals surface area contributed by atoms with Gasteiger partial charge in [0.25, 0.3) is 11.7 Å². The molecule has 0 fully saturated rings. The van der Waals surface area contributed by atoms with Gasteiger partial charge >= 0.3 is 0 Å². The van der Waals surface area contributed by atoms with E-state index >= 15 is 0 Å². The third kappa shape index (κ3) is 5.88. The van der Waals surface area contributed by atoms with Gasteiger partial charge in [0, 0.05) is 11.4 Å². The number of aliphatic hydroxyl groups excluding tert-OH is 1. The standard InChI is InChI=1S/C12H17F2NO2S2/c1-7(5-8(2)16)6-15-11(17)10-9(3-4-18-10)19-12(13)14/h3-4,7-8,12,16H,5-6H2,1-2H3,(H,15,17). The molecule has 7 heteroatoms. The van der Waals surface area contributed by atoms with Gasteiger partial charge in [0.15, 0.2) is 0 Å². The Kier molecular flexibility index (Phi) is 6.74. The minimum atomic E-state index is -2.53. The van der Waals surface area contributed by atoms with Gasteiger partial charge in [0.2, 0.25) is 0 Å². The number of alkyl halides is 2. The van der Waals surface area contributed by atoms with E-state index in [2.05, 4.69) is 5.32 Å². The summed E-state index contributed by atoms with van der Waals surface area (Å²) in [5.74, 6) is -2.74. The molecule has 0 spiro atoms. The molecule has 2 N–H and O–H groups in total. The number of hydrogen-bond donors (Lipinski definition) is 2. The fourth-order valence-electron chi connectivity index (χ4n) is 1.66. The minimum absolute atomic E-state index is 0.134. The molecule has 0 aliphatic rings. The highest BCUT2D eigenvalue weighted by Crippen LogP contribution is 2.31. The number of thiophene rings is 1. The molecular weight excluding hydrogens is 292 g/mol. The Morgan fingerprint density at radius 3 is 2.79 bits per heavy atom. The SMILES string of the molecule is CC(O)CC(C)CNC(=O)c1sccc1SC(F)F. The molecule has 1 aromatic rings. The molecule has 1 rings (SSSR count). The Bertz CT molecular complexity index is 410. The molecular formula is C12H17F2NO2S2. The van der Waals surface area contributed by atoms with Crippen LogP contribution >= 0.6 is 23.1 Å². The van der Waals surface area contributed by atoms with Crippen molar-refractivity contribution in [2.24, 2.45) is 5.92 Å². The second kappa shape index (κ2) is 7.81. The van der Waals surface area contributed by atoms with Crippen LogP contribution in [0.5, 0.6) is 0 Å². The van der Waals surface area contributed by atoms with Crippen LogP contribution in [0.3, 0.4) is 0 Å². The summed E-state index contributed by atoms with van der Waals surface area (Å²) in [7, 11) is 0. The summed E-state index contributed by atoms with van der Waals surface area (Å²) in [5.41, 5.74) is 0. The highest BCUT2D eigenvalue weighted by molar-refractivity contribution is 7.99. The third-order valence-corrected chi connectivity index (χ3v) is 4.22. The summed E-state index contributed by atoms with van der Waals surface area (Å²) in [6.45, 7) is 4.02. The number of halogens is 2. The van der Waals surface area contributed by atoms with Crippen molar-refractivity contribution < 1.29 is 18.7 Å². The van der Waals surface area contributed by atoms with Crippen molar-refractivity contribution in [1.82, 2.24) is 5.32 Å². The maximum absolute atomic E-state index is 12.3. The first kappa shape index (κ1) is 16.4. The molecule has 1 aromatic heterocycles. The predicted octanol–water partition coefficient (Wildman–Crippen LogP) is 3.20. The number of carbonyl (C=O) groups excluding carboxylic acids is 1. The molecule has 1 heterocycles. The predicted molar refractivity (Wildman–Crippen MR) is 74.0 cm³/mol. The van der Waals surface area contributed by atoms with E-state index < -0.39 is 11.9 Å². The van der Waals surface area contributed by atoms with E-state index in [9.17, 15) is 18.7 Å². The van der Waals surface area contributed by atoms with Crippen molar-refractivity contribution in [3.63, 3.8) is 0 Å². The van der Waals surface area contributed by atoms with Crippen LogP contribution in [-0.4, -0.2) is 29.4 Å². The smallest absolute Gasteiger partial charge is 0.288 e. The Hall–Kier alpha value is -0.660. The number of aliphatic hydroxyl groups is 1. The Morgan fingerprint density at radius 1 is 1.53 bits per heavy atom. The van der Waals surface area contributed by atoms with Crippen molar-refractivity contribution in [2.75, 3.05) is 6.54 Å². The first-order chi connectivity index (χ1) is 8.90. The number of hydrogen-bond acceptors (Lipinski definition) is 4. The normalized spacial score (nSPS) is 14.4. The van der Waals surface area contributed by atoms with Gasteiger partial charge in [-0.25, -0.2) is 0 Å². The quantitative estimate of drug-likeness (QED) is 0.761. The molecule has 0 aliphatic heterocycles. The first-order valence-electron chi connectivity index (χ1n) is 5.88. The highest BCUT2D eigenvalue weighted by Gasteiger charge is 2.17. The van der Waals surface area contributed by atoms with Gasteiger partial charge in [-0.05, 0) is 30.7 Å². The molecule has 0 aliphatic carbocycles. The Labute approximate surface area is 119 Å². The number of amides is 1. The lowest BCUT2D eigenvalue weighted by Crippen LogP contribution is -2.29. The van der Waals surface area contributed by atoms with Crippen molar-refractivity contribution in [2.45, 2.75) is 37.0 Å². The van der Waals surface area contributed by atoms with E-state index in [-0.39, 0.29) is 11.8 Å². The van der Waals surface area contributed by atoms with E-state index in [1.165, 1.54) is 6.07 Å². The Balaban J connectivity index is 2.52. The second-order valence-electron chi connectivity index (χ2n) is 4.39. The molecule has 0 radical (unpaired) electrons. The molecule has 108 valence electrons. The Morgan fingerprint density at radius 2 is 2.21 bits per heavy atom. The van der Waals surface area contributed by atoms with Crippen molar-refractivity contribution in [3.05, 3.63) is 16.3 Å². The third-order valence-electron chi connectivity index (χ3n) is 2.41. The fraction of sp³-hybridized carbons (Fsp3) is 0.583. The average molecular weight is 309 g/mol. The number of carbonyl (C=O) groups is 1. The lowest BCUT2D eigenvalue weighted by Gasteiger charge is -2.14. The van der Waals surface area contributed by atoms with E-state index in [0.29, 0.717) is 34.5 Å². The van der Waals surface area contributed by atoms with Gasteiger partial charge in [0.1, 0.15) is 4.88 Å². The van der Waals surface area contributed by atoms with Gasteiger partial charge in [-0.1, -0.05) is 18.7 Å². The maximum Gasteiger partial charge on any atom is 0.288 e. The fourth-order valence-corrected chi connectivity index (χ4v) is 3.28. The van der Waals surface area contributed by atoms with Crippen molar-refractivity contribution >= 4 is 29.0 Å².